The van der Waals surface area contributed by atoms with Gasteiger partial charge in [-0.15, -0.1) is 0 Å². The van der Waals surface area contributed by atoms with Crippen molar-refractivity contribution in [1.82, 2.24) is 10.2 Å². The number of rotatable bonds is 6. The Bertz CT molecular complexity index is 630. The fraction of sp³-hybridized carbons (Fsp3) is 0.682. The van der Waals surface area contributed by atoms with Crippen LogP contribution in [0.5, 0.6) is 5.75 Å². The number of likely N-dealkylation sites (tertiary alicyclic amines) is 1. The van der Waals surface area contributed by atoms with Gasteiger partial charge in [-0.2, -0.15) is 0 Å². The van der Waals surface area contributed by atoms with Crippen molar-refractivity contribution in [2.75, 3.05) is 51.8 Å². The topological polar surface area (TPSA) is 40.1 Å². The second kappa shape index (κ2) is 9.34. The van der Waals surface area contributed by atoms with E-state index in [1.807, 2.05) is 13.1 Å². The first-order valence-electron chi connectivity index (χ1n) is 10.4. The lowest BCUT2D eigenvalue weighted by molar-refractivity contribution is 0.401. The van der Waals surface area contributed by atoms with E-state index in [1.54, 1.807) is 7.11 Å². The van der Waals surface area contributed by atoms with Gasteiger partial charge in [-0.3, -0.25) is 4.99 Å². The van der Waals surface area contributed by atoms with E-state index in [0.717, 1.165) is 56.3 Å². The van der Waals surface area contributed by atoms with Gasteiger partial charge in [0.25, 0.3) is 0 Å². The zero-order chi connectivity index (χ0) is 19.2. The molecule has 150 valence electrons. The second-order valence-corrected chi connectivity index (χ2v) is 8.46. The number of hydrogen-bond donors (Lipinski definition) is 1. The number of aliphatic imine (C=N–C) groups is 1. The minimum Gasteiger partial charge on any atom is -0.497 e. The molecule has 0 radical (unpaired) electrons. The normalized spacial score (nSPS) is 23.4. The highest BCUT2D eigenvalue weighted by Crippen LogP contribution is 2.27. The van der Waals surface area contributed by atoms with Crippen LogP contribution < -0.4 is 15.0 Å². The molecule has 2 aliphatic heterocycles. The summed E-state index contributed by atoms with van der Waals surface area (Å²) >= 11 is 0. The maximum absolute atomic E-state index is 5.36. The molecule has 2 unspecified atom stereocenters. The minimum absolute atomic E-state index is 0.655. The average Bonchev–Trinajstić information content (AvgIpc) is 3.32. The lowest BCUT2D eigenvalue weighted by Gasteiger charge is -2.24. The molecule has 0 saturated carbocycles. The number of benzene rings is 1. The number of guanidine groups is 1. The van der Waals surface area contributed by atoms with Crippen LogP contribution in [0.3, 0.4) is 0 Å². The van der Waals surface area contributed by atoms with E-state index in [2.05, 4.69) is 52.2 Å². The van der Waals surface area contributed by atoms with Gasteiger partial charge in [0.2, 0.25) is 0 Å². The van der Waals surface area contributed by atoms with Crippen molar-refractivity contribution in [1.29, 1.82) is 0 Å². The molecular formula is C22H36N4O. The van der Waals surface area contributed by atoms with Crippen molar-refractivity contribution >= 4 is 11.6 Å². The SMILES string of the molecule is CN=C(NCC1CCN(c2cccc(OC)c2)C1)N1CCC(CC(C)C)C1. The molecular weight excluding hydrogens is 336 g/mol. The minimum atomic E-state index is 0.655. The molecule has 1 aromatic carbocycles. The lowest BCUT2D eigenvalue weighted by Crippen LogP contribution is -2.42. The molecule has 0 aromatic heterocycles. The number of anilines is 1. The average molecular weight is 373 g/mol. The molecule has 0 spiro atoms. The third kappa shape index (κ3) is 5.30. The van der Waals surface area contributed by atoms with Crippen LogP contribution in [-0.4, -0.2) is 57.7 Å². The first kappa shape index (κ1) is 19.8. The Morgan fingerprint density at radius 3 is 2.78 bits per heavy atom. The van der Waals surface area contributed by atoms with Crippen molar-refractivity contribution in [3.63, 3.8) is 0 Å². The van der Waals surface area contributed by atoms with E-state index in [4.69, 9.17) is 4.74 Å². The molecule has 2 fully saturated rings. The highest BCUT2D eigenvalue weighted by molar-refractivity contribution is 5.80. The summed E-state index contributed by atoms with van der Waals surface area (Å²) in [6.45, 7) is 10.1. The Balaban J connectivity index is 1.47. The smallest absolute Gasteiger partial charge is 0.193 e. The quantitative estimate of drug-likeness (QED) is 0.613. The number of ether oxygens (including phenoxy) is 1. The van der Waals surface area contributed by atoms with Crippen LogP contribution in [0.1, 0.15) is 33.1 Å². The standard InChI is InChI=1S/C22H36N4O/c1-17(2)12-18-8-11-26(15-18)22(23-3)24-14-19-9-10-25(16-19)20-6-5-7-21(13-20)27-4/h5-7,13,17-19H,8-12,14-16H2,1-4H3,(H,23,24). The molecule has 3 rings (SSSR count). The number of methoxy groups -OCH3 is 1. The van der Waals surface area contributed by atoms with Crippen LogP contribution in [0.4, 0.5) is 5.69 Å². The largest absolute Gasteiger partial charge is 0.497 e. The monoisotopic (exact) mass is 372 g/mol. The summed E-state index contributed by atoms with van der Waals surface area (Å²) in [6, 6.07) is 8.39. The molecule has 0 bridgehead atoms. The maximum atomic E-state index is 5.36. The molecule has 27 heavy (non-hydrogen) atoms. The molecule has 1 N–H and O–H groups in total. The summed E-state index contributed by atoms with van der Waals surface area (Å²) < 4.78 is 5.36. The van der Waals surface area contributed by atoms with Gasteiger partial charge in [0.1, 0.15) is 5.75 Å². The summed E-state index contributed by atoms with van der Waals surface area (Å²) in [6.07, 6.45) is 3.84. The number of nitrogens with one attached hydrogen (secondary N) is 1. The van der Waals surface area contributed by atoms with Gasteiger partial charge in [0, 0.05) is 51.5 Å². The van der Waals surface area contributed by atoms with Crippen LogP contribution in [0.15, 0.2) is 29.3 Å². The molecule has 0 aliphatic carbocycles. The van der Waals surface area contributed by atoms with Gasteiger partial charge in [-0.05, 0) is 49.1 Å². The van der Waals surface area contributed by atoms with Gasteiger partial charge < -0.3 is 19.9 Å². The summed E-state index contributed by atoms with van der Waals surface area (Å²) in [5.74, 6) is 4.27. The molecule has 0 amide bonds. The molecule has 2 saturated heterocycles. The molecule has 5 nitrogen and oxygen atoms in total. The Hall–Kier alpha value is -1.91. The lowest BCUT2D eigenvalue weighted by atomic mass is 9.97. The van der Waals surface area contributed by atoms with Gasteiger partial charge in [0.15, 0.2) is 5.96 Å². The van der Waals surface area contributed by atoms with Crippen molar-refractivity contribution in [2.45, 2.75) is 33.1 Å². The van der Waals surface area contributed by atoms with Crippen molar-refractivity contribution in [3.05, 3.63) is 24.3 Å². The van der Waals surface area contributed by atoms with Crippen LogP contribution in [0.2, 0.25) is 0 Å². The Morgan fingerprint density at radius 1 is 1.22 bits per heavy atom. The molecule has 1 aromatic rings. The van der Waals surface area contributed by atoms with Crippen LogP contribution in [-0.2, 0) is 0 Å². The third-order valence-electron chi connectivity index (χ3n) is 5.86. The molecule has 2 atom stereocenters. The number of nitrogens with zero attached hydrogens (tertiary/aromatic N) is 3. The highest BCUT2D eigenvalue weighted by atomic mass is 16.5. The number of hydrogen-bond acceptors (Lipinski definition) is 3. The highest BCUT2D eigenvalue weighted by Gasteiger charge is 2.27. The molecule has 2 aliphatic rings. The van der Waals surface area contributed by atoms with Crippen LogP contribution >= 0.6 is 0 Å². The van der Waals surface area contributed by atoms with E-state index in [-0.39, 0.29) is 0 Å². The van der Waals surface area contributed by atoms with E-state index in [1.165, 1.54) is 24.9 Å². The molecule has 2 heterocycles. The maximum Gasteiger partial charge on any atom is 0.193 e. The Kier molecular flexibility index (Phi) is 6.86. The van der Waals surface area contributed by atoms with Crippen molar-refractivity contribution < 1.29 is 4.74 Å². The van der Waals surface area contributed by atoms with Crippen LogP contribution in [0, 0.1) is 17.8 Å². The first-order valence-corrected chi connectivity index (χ1v) is 10.4. The van der Waals surface area contributed by atoms with Gasteiger partial charge in [0.05, 0.1) is 7.11 Å². The van der Waals surface area contributed by atoms with Crippen molar-refractivity contribution in [2.24, 2.45) is 22.7 Å². The van der Waals surface area contributed by atoms with Gasteiger partial charge in [-0.25, -0.2) is 0 Å². The Labute approximate surface area is 164 Å². The summed E-state index contributed by atoms with van der Waals surface area (Å²) in [5.41, 5.74) is 1.26. The summed E-state index contributed by atoms with van der Waals surface area (Å²) in [4.78, 5) is 9.46. The summed E-state index contributed by atoms with van der Waals surface area (Å²) in [7, 11) is 3.64. The summed E-state index contributed by atoms with van der Waals surface area (Å²) in [5, 5.41) is 3.65. The third-order valence-corrected chi connectivity index (χ3v) is 5.86. The van der Waals surface area contributed by atoms with Crippen molar-refractivity contribution in [3.8, 4) is 5.75 Å². The predicted octanol–water partition coefficient (Wildman–Crippen LogP) is 3.46. The zero-order valence-corrected chi connectivity index (χ0v) is 17.4. The van der Waals surface area contributed by atoms with Gasteiger partial charge in [-0.1, -0.05) is 19.9 Å². The fourth-order valence-electron chi connectivity index (χ4n) is 4.49. The Morgan fingerprint density at radius 2 is 2.04 bits per heavy atom. The van der Waals surface area contributed by atoms with E-state index >= 15 is 0 Å². The van der Waals surface area contributed by atoms with Gasteiger partial charge >= 0.3 is 0 Å². The van der Waals surface area contributed by atoms with E-state index < -0.39 is 0 Å². The fourth-order valence-corrected chi connectivity index (χ4v) is 4.49. The molecule has 5 heteroatoms. The first-order chi connectivity index (χ1) is 13.1. The van der Waals surface area contributed by atoms with Crippen LogP contribution in [0.25, 0.3) is 0 Å². The van der Waals surface area contributed by atoms with E-state index in [0.29, 0.717) is 5.92 Å². The zero-order valence-electron chi connectivity index (χ0n) is 17.4. The van der Waals surface area contributed by atoms with E-state index in [9.17, 15) is 0 Å². The predicted molar refractivity (Wildman–Crippen MR) is 114 cm³/mol. The second-order valence-electron chi connectivity index (χ2n) is 8.46.